The van der Waals surface area contributed by atoms with E-state index in [-0.39, 0.29) is 5.82 Å². The molecule has 0 bridgehead atoms. The van der Waals surface area contributed by atoms with Gasteiger partial charge in [-0.2, -0.15) is 0 Å². The van der Waals surface area contributed by atoms with Gasteiger partial charge in [-0.05, 0) is 38.2 Å². The predicted molar refractivity (Wildman–Crippen MR) is 65.5 cm³/mol. The van der Waals surface area contributed by atoms with Crippen LogP contribution in [-0.4, -0.2) is 23.1 Å². The predicted octanol–water partition coefficient (Wildman–Crippen LogP) is 2.86. The van der Waals surface area contributed by atoms with Crippen molar-refractivity contribution in [3.63, 3.8) is 0 Å². The Morgan fingerprint density at radius 1 is 1.33 bits per heavy atom. The molecule has 0 atom stereocenters. The molecule has 0 aromatic heterocycles. The first-order chi connectivity index (χ1) is 7.19. The van der Waals surface area contributed by atoms with Crippen molar-refractivity contribution in [2.75, 3.05) is 18.4 Å². The molecule has 0 aliphatic heterocycles. The lowest BCUT2D eigenvalue weighted by Crippen LogP contribution is -2.34. The normalized spacial score (nSPS) is 9.80. The summed E-state index contributed by atoms with van der Waals surface area (Å²) in [5, 5.41) is 3.45. The van der Waals surface area contributed by atoms with Gasteiger partial charge in [-0.25, -0.2) is 4.39 Å². The van der Waals surface area contributed by atoms with Crippen LogP contribution in [0.4, 0.5) is 10.1 Å². The fourth-order valence-electron chi connectivity index (χ4n) is 1.27. The lowest BCUT2D eigenvalue weighted by molar-refractivity contribution is 0.472. The van der Waals surface area contributed by atoms with Gasteiger partial charge in [-0.15, -0.1) is 0 Å². The van der Waals surface area contributed by atoms with E-state index < -0.39 is 0 Å². The van der Waals surface area contributed by atoms with Crippen molar-refractivity contribution in [1.29, 1.82) is 0 Å². The van der Waals surface area contributed by atoms with Crippen LogP contribution < -0.4 is 5.32 Å². The smallest absolute Gasteiger partial charge is 0.173 e. The average Bonchev–Trinajstić information content (AvgIpc) is 2.23. The Bertz CT molecular complexity index is 337. The molecule has 4 heteroatoms. The highest BCUT2D eigenvalue weighted by Gasteiger charge is 2.07. The SMILES string of the molecule is CCN(CC)C(=S)Nc1ccccc1F. The average molecular weight is 226 g/mol. The van der Waals surface area contributed by atoms with Crippen molar-refractivity contribution < 1.29 is 4.39 Å². The topological polar surface area (TPSA) is 15.3 Å². The summed E-state index contributed by atoms with van der Waals surface area (Å²) in [7, 11) is 0. The molecule has 1 N–H and O–H groups in total. The quantitative estimate of drug-likeness (QED) is 0.798. The molecule has 1 rings (SSSR count). The highest BCUT2D eigenvalue weighted by atomic mass is 32.1. The molecule has 0 fully saturated rings. The molecule has 1 aromatic rings. The Labute approximate surface area is 95.1 Å². The third kappa shape index (κ3) is 3.16. The van der Waals surface area contributed by atoms with E-state index in [0.717, 1.165) is 13.1 Å². The highest BCUT2D eigenvalue weighted by Crippen LogP contribution is 2.13. The van der Waals surface area contributed by atoms with Crippen LogP contribution in [0.15, 0.2) is 24.3 Å². The van der Waals surface area contributed by atoms with Crippen LogP contribution in [-0.2, 0) is 0 Å². The fourth-order valence-corrected chi connectivity index (χ4v) is 1.64. The number of thiocarbonyl (C=S) groups is 1. The molecule has 0 aliphatic rings. The first-order valence-electron chi connectivity index (χ1n) is 4.99. The van der Waals surface area contributed by atoms with Crippen LogP contribution in [0.1, 0.15) is 13.8 Å². The molecule has 0 heterocycles. The van der Waals surface area contributed by atoms with Crippen LogP contribution in [0.2, 0.25) is 0 Å². The Hall–Kier alpha value is -1.16. The van der Waals surface area contributed by atoms with E-state index in [1.807, 2.05) is 18.7 Å². The van der Waals surface area contributed by atoms with Gasteiger partial charge in [-0.1, -0.05) is 12.1 Å². The summed E-state index contributed by atoms with van der Waals surface area (Å²) in [6.07, 6.45) is 0. The number of benzene rings is 1. The van der Waals surface area contributed by atoms with Gasteiger partial charge in [0.05, 0.1) is 5.69 Å². The summed E-state index contributed by atoms with van der Waals surface area (Å²) in [5.74, 6) is -0.285. The number of para-hydroxylation sites is 1. The minimum absolute atomic E-state index is 0.285. The summed E-state index contributed by atoms with van der Waals surface area (Å²) in [6, 6.07) is 6.51. The highest BCUT2D eigenvalue weighted by molar-refractivity contribution is 7.80. The Kier molecular flexibility index (Phi) is 4.49. The van der Waals surface area contributed by atoms with Gasteiger partial charge in [0.15, 0.2) is 5.11 Å². The largest absolute Gasteiger partial charge is 0.350 e. The van der Waals surface area contributed by atoms with Gasteiger partial charge >= 0.3 is 0 Å². The van der Waals surface area contributed by atoms with E-state index in [1.54, 1.807) is 18.2 Å². The van der Waals surface area contributed by atoms with Gasteiger partial charge in [0.1, 0.15) is 5.82 Å². The number of anilines is 1. The molecule has 0 aliphatic carbocycles. The molecule has 0 radical (unpaired) electrons. The first-order valence-corrected chi connectivity index (χ1v) is 5.40. The summed E-state index contributed by atoms with van der Waals surface area (Å²) in [5.41, 5.74) is 0.425. The van der Waals surface area contributed by atoms with Crippen LogP contribution in [0.3, 0.4) is 0 Å². The number of halogens is 1. The van der Waals surface area contributed by atoms with Crippen LogP contribution in [0.5, 0.6) is 0 Å². The minimum atomic E-state index is -0.285. The molecule has 0 saturated carbocycles. The van der Waals surface area contributed by atoms with E-state index in [0.29, 0.717) is 10.8 Å². The van der Waals surface area contributed by atoms with E-state index >= 15 is 0 Å². The lowest BCUT2D eigenvalue weighted by Gasteiger charge is -2.22. The molecule has 2 nitrogen and oxygen atoms in total. The molecule has 0 unspecified atom stereocenters. The zero-order chi connectivity index (χ0) is 11.3. The summed E-state index contributed by atoms with van der Waals surface area (Å²) in [4.78, 5) is 1.96. The van der Waals surface area contributed by atoms with Gasteiger partial charge in [0, 0.05) is 13.1 Å². The van der Waals surface area contributed by atoms with E-state index in [9.17, 15) is 4.39 Å². The number of nitrogens with zero attached hydrogens (tertiary/aromatic N) is 1. The van der Waals surface area contributed by atoms with Gasteiger partial charge < -0.3 is 10.2 Å². The maximum absolute atomic E-state index is 13.3. The second kappa shape index (κ2) is 5.66. The zero-order valence-electron chi connectivity index (χ0n) is 8.96. The Morgan fingerprint density at radius 2 is 1.93 bits per heavy atom. The molecular formula is C11H15FN2S. The van der Waals surface area contributed by atoms with Crippen molar-refractivity contribution in [1.82, 2.24) is 4.90 Å². The molecule has 0 amide bonds. The van der Waals surface area contributed by atoms with Crippen LogP contribution in [0, 0.1) is 5.82 Å². The molecule has 82 valence electrons. The second-order valence-electron chi connectivity index (χ2n) is 3.08. The maximum atomic E-state index is 13.3. The monoisotopic (exact) mass is 226 g/mol. The number of hydrogen-bond donors (Lipinski definition) is 1. The summed E-state index contributed by atoms with van der Waals surface area (Å²) >= 11 is 5.16. The van der Waals surface area contributed by atoms with Crippen molar-refractivity contribution in [3.05, 3.63) is 30.1 Å². The van der Waals surface area contributed by atoms with Crippen molar-refractivity contribution in [3.8, 4) is 0 Å². The molecule has 0 spiro atoms. The number of hydrogen-bond acceptors (Lipinski definition) is 1. The van der Waals surface area contributed by atoms with E-state index in [2.05, 4.69) is 5.32 Å². The fraction of sp³-hybridized carbons (Fsp3) is 0.364. The van der Waals surface area contributed by atoms with Gasteiger partial charge in [0.25, 0.3) is 0 Å². The molecular weight excluding hydrogens is 211 g/mol. The van der Waals surface area contributed by atoms with Crippen molar-refractivity contribution in [2.45, 2.75) is 13.8 Å². The van der Waals surface area contributed by atoms with Gasteiger partial charge in [0.2, 0.25) is 0 Å². The zero-order valence-corrected chi connectivity index (χ0v) is 9.77. The van der Waals surface area contributed by atoms with E-state index in [4.69, 9.17) is 12.2 Å². The molecule has 1 aromatic carbocycles. The lowest BCUT2D eigenvalue weighted by atomic mass is 10.3. The molecule has 0 saturated heterocycles. The standard InChI is InChI=1S/C11H15FN2S/c1-3-14(4-2)11(15)13-10-8-6-5-7-9(10)12/h5-8H,3-4H2,1-2H3,(H,13,15). The second-order valence-corrected chi connectivity index (χ2v) is 3.47. The summed E-state index contributed by atoms with van der Waals surface area (Å²) < 4.78 is 13.3. The molecule has 15 heavy (non-hydrogen) atoms. The van der Waals surface area contributed by atoms with Crippen molar-refractivity contribution >= 4 is 23.0 Å². The Morgan fingerprint density at radius 3 is 2.47 bits per heavy atom. The first kappa shape index (κ1) is 11.9. The number of rotatable bonds is 3. The maximum Gasteiger partial charge on any atom is 0.173 e. The van der Waals surface area contributed by atoms with Crippen molar-refractivity contribution in [2.24, 2.45) is 0 Å². The minimum Gasteiger partial charge on any atom is -0.350 e. The third-order valence-electron chi connectivity index (χ3n) is 2.17. The van der Waals surface area contributed by atoms with Crippen LogP contribution >= 0.6 is 12.2 Å². The summed E-state index contributed by atoms with van der Waals surface area (Å²) in [6.45, 7) is 5.66. The van der Waals surface area contributed by atoms with Crippen LogP contribution in [0.25, 0.3) is 0 Å². The number of nitrogens with one attached hydrogen (secondary N) is 1. The third-order valence-corrected chi connectivity index (χ3v) is 2.53. The van der Waals surface area contributed by atoms with Gasteiger partial charge in [-0.3, -0.25) is 0 Å². The Balaban J connectivity index is 2.70. The van der Waals surface area contributed by atoms with E-state index in [1.165, 1.54) is 6.07 Å².